The highest BCUT2D eigenvalue weighted by Gasteiger charge is 2.26. The second-order valence-corrected chi connectivity index (χ2v) is 8.45. The molecule has 0 bridgehead atoms. The standard InChI is InChI=1S/C19H21N3O6S/c23-19(20-16-2-1-3-17(14-16)22(24)25)9-6-15-4-7-18(8-5-15)29(26,27)21-10-12-28-13-11-21/h1-5,7-8,14H,6,9-13H2,(H,20,23). The Kier molecular flexibility index (Phi) is 6.57. The van der Waals surface area contributed by atoms with Crippen LogP contribution in [0.4, 0.5) is 11.4 Å². The number of nitrogens with zero attached hydrogens (tertiary/aromatic N) is 2. The van der Waals surface area contributed by atoms with E-state index in [0.29, 0.717) is 38.4 Å². The lowest BCUT2D eigenvalue weighted by atomic mass is 10.1. The summed E-state index contributed by atoms with van der Waals surface area (Å²) in [5, 5.41) is 13.4. The molecule has 9 nitrogen and oxygen atoms in total. The fourth-order valence-electron chi connectivity index (χ4n) is 2.94. The predicted octanol–water partition coefficient (Wildman–Crippen LogP) is 2.19. The van der Waals surface area contributed by atoms with Crippen LogP contribution in [0, 0.1) is 10.1 Å². The van der Waals surface area contributed by atoms with Crippen LogP contribution in [-0.2, 0) is 26.0 Å². The molecule has 1 aliphatic rings. The number of aryl methyl sites for hydroxylation is 1. The van der Waals surface area contributed by atoms with Crippen LogP contribution in [0.1, 0.15) is 12.0 Å². The van der Waals surface area contributed by atoms with Gasteiger partial charge in [0.15, 0.2) is 0 Å². The minimum absolute atomic E-state index is 0.0973. The molecule has 0 radical (unpaired) electrons. The van der Waals surface area contributed by atoms with Gasteiger partial charge in [0.2, 0.25) is 15.9 Å². The Morgan fingerprint density at radius 2 is 1.83 bits per heavy atom. The van der Waals surface area contributed by atoms with Crippen LogP contribution < -0.4 is 5.32 Å². The number of benzene rings is 2. The molecule has 1 amide bonds. The lowest BCUT2D eigenvalue weighted by Gasteiger charge is -2.26. The summed E-state index contributed by atoms with van der Waals surface area (Å²) in [4.78, 5) is 22.6. The molecule has 1 fully saturated rings. The number of morpholine rings is 1. The lowest BCUT2D eigenvalue weighted by molar-refractivity contribution is -0.384. The molecular formula is C19H21N3O6S. The van der Waals surface area contributed by atoms with Gasteiger partial charge in [-0.15, -0.1) is 0 Å². The number of anilines is 1. The zero-order valence-electron chi connectivity index (χ0n) is 15.6. The number of hydrogen-bond donors (Lipinski definition) is 1. The Morgan fingerprint density at radius 3 is 2.48 bits per heavy atom. The summed E-state index contributed by atoms with van der Waals surface area (Å²) < 4.78 is 31.8. The number of ether oxygens (including phenoxy) is 1. The van der Waals surface area contributed by atoms with Gasteiger partial charge in [-0.3, -0.25) is 14.9 Å². The van der Waals surface area contributed by atoms with Crippen LogP contribution in [0.3, 0.4) is 0 Å². The van der Waals surface area contributed by atoms with Gasteiger partial charge in [-0.25, -0.2) is 8.42 Å². The van der Waals surface area contributed by atoms with E-state index >= 15 is 0 Å². The molecule has 10 heteroatoms. The van der Waals surface area contributed by atoms with Crippen molar-refractivity contribution in [3.63, 3.8) is 0 Å². The van der Waals surface area contributed by atoms with E-state index in [1.54, 1.807) is 30.3 Å². The van der Waals surface area contributed by atoms with Gasteiger partial charge in [0.25, 0.3) is 5.69 Å². The highest BCUT2D eigenvalue weighted by atomic mass is 32.2. The molecule has 1 aliphatic heterocycles. The molecule has 0 aliphatic carbocycles. The molecule has 154 valence electrons. The molecule has 0 aromatic heterocycles. The first-order valence-corrected chi connectivity index (χ1v) is 10.5. The fourth-order valence-corrected chi connectivity index (χ4v) is 4.35. The van der Waals surface area contributed by atoms with Gasteiger partial charge in [-0.05, 0) is 30.2 Å². The van der Waals surface area contributed by atoms with E-state index in [2.05, 4.69) is 5.32 Å². The number of sulfonamides is 1. The average molecular weight is 419 g/mol. The first-order valence-electron chi connectivity index (χ1n) is 9.07. The molecule has 0 spiro atoms. The number of amides is 1. The van der Waals surface area contributed by atoms with Crippen molar-refractivity contribution in [3.8, 4) is 0 Å². The van der Waals surface area contributed by atoms with Crippen LogP contribution >= 0.6 is 0 Å². The maximum absolute atomic E-state index is 12.6. The summed E-state index contributed by atoms with van der Waals surface area (Å²) in [6, 6.07) is 12.2. The monoisotopic (exact) mass is 419 g/mol. The fraction of sp³-hybridized carbons (Fsp3) is 0.316. The molecule has 3 rings (SSSR count). The van der Waals surface area contributed by atoms with Gasteiger partial charge >= 0.3 is 0 Å². The van der Waals surface area contributed by atoms with E-state index in [4.69, 9.17) is 4.74 Å². The third kappa shape index (κ3) is 5.37. The van der Waals surface area contributed by atoms with Crippen LogP contribution in [0.2, 0.25) is 0 Å². The third-order valence-electron chi connectivity index (χ3n) is 4.51. The van der Waals surface area contributed by atoms with Gasteiger partial charge < -0.3 is 10.1 Å². The topological polar surface area (TPSA) is 119 Å². The maximum atomic E-state index is 12.6. The van der Waals surface area contributed by atoms with Crippen LogP contribution in [0.15, 0.2) is 53.4 Å². The van der Waals surface area contributed by atoms with Gasteiger partial charge in [-0.2, -0.15) is 4.31 Å². The quantitative estimate of drug-likeness (QED) is 0.543. The van der Waals surface area contributed by atoms with E-state index < -0.39 is 14.9 Å². The maximum Gasteiger partial charge on any atom is 0.271 e. The van der Waals surface area contributed by atoms with Crippen molar-refractivity contribution in [1.29, 1.82) is 0 Å². The van der Waals surface area contributed by atoms with Crippen molar-refractivity contribution in [3.05, 3.63) is 64.2 Å². The second kappa shape index (κ2) is 9.12. The molecule has 29 heavy (non-hydrogen) atoms. The first kappa shape index (κ1) is 20.9. The molecule has 1 N–H and O–H groups in total. The molecule has 0 unspecified atom stereocenters. The molecule has 1 saturated heterocycles. The number of nitro groups is 1. The van der Waals surface area contributed by atoms with E-state index in [1.165, 1.54) is 22.5 Å². The highest BCUT2D eigenvalue weighted by Crippen LogP contribution is 2.19. The van der Waals surface area contributed by atoms with Gasteiger partial charge in [-0.1, -0.05) is 18.2 Å². The van der Waals surface area contributed by atoms with Gasteiger partial charge in [0.05, 0.1) is 23.0 Å². The molecular weight excluding hydrogens is 398 g/mol. The Hall–Kier alpha value is -2.82. The molecule has 2 aromatic carbocycles. The first-order chi connectivity index (χ1) is 13.9. The summed E-state index contributed by atoms with van der Waals surface area (Å²) in [5.74, 6) is -0.282. The van der Waals surface area contributed by atoms with Gasteiger partial charge in [0, 0.05) is 37.3 Å². The van der Waals surface area contributed by atoms with Crippen molar-refractivity contribution in [2.24, 2.45) is 0 Å². The minimum Gasteiger partial charge on any atom is -0.379 e. The zero-order chi connectivity index (χ0) is 20.9. The summed E-state index contributed by atoms with van der Waals surface area (Å²) in [5.41, 5.74) is 1.08. The largest absolute Gasteiger partial charge is 0.379 e. The van der Waals surface area contributed by atoms with Gasteiger partial charge in [0.1, 0.15) is 0 Å². The summed E-state index contributed by atoms with van der Waals surface area (Å²) >= 11 is 0. The third-order valence-corrected chi connectivity index (χ3v) is 6.43. The Labute approximate surface area is 168 Å². The van der Waals surface area contributed by atoms with Crippen molar-refractivity contribution >= 4 is 27.3 Å². The minimum atomic E-state index is -3.54. The lowest BCUT2D eigenvalue weighted by Crippen LogP contribution is -2.40. The normalized spacial score (nSPS) is 15.0. The number of nitro benzene ring substituents is 1. The molecule has 1 heterocycles. The smallest absolute Gasteiger partial charge is 0.271 e. The van der Waals surface area contributed by atoms with E-state index in [-0.39, 0.29) is 22.9 Å². The number of carbonyl (C=O) groups is 1. The summed E-state index contributed by atoms with van der Waals surface area (Å²) in [6.07, 6.45) is 0.580. The Balaban J connectivity index is 1.56. The predicted molar refractivity (Wildman–Crippen MR) is 106 cm³/mol. The van der Waals surface area contributed by atoms with E-state index in [9.17, 15) is 23.3 Å². The number of non-ortho nitro benzene ring substituents is 1. The summed E-state index contributed by atoms with van der Waals surface area (Å²) in [6.45, 7) is 1.44. The van der Waals surface area contributed by atoms with Crippen molar-refractivity contribution in [2.45, 2.75) is 17.7 Å². The van der Waals surface area contributed by atoms with Crippen LogP contribution in [-0.4, -0.2) is 49.9 Å². The Bertz CT molecular complexity index is 985. The van der Waals surface area contributed by atoms with Crippen molar-refractivity contribution in [2.75, 3.05) is 31.6 Å². The number of carbonyl (C=O) groups excluding carboxylic acids is 1. The Morgan fingerprint density at radius 1 is 1.14 bits per heavy atom. The van der Waals surface area contributed by atoms with E-state index in [1.807, 2.05) is 0 Å². The SMILES string of the molecule is O=C(CCc1ccc(S(=O)(=O)N2CCOCC2)cc1)Nc1cccc([N+](=O)[O-])c1. The molecule has 0 saturated carbocycles. The molecule has 2 aromatic rings. The second-order valence-electron chi connectivity index (χ2n) is 6.52. The van der Waals surface area contributed by atoms with Crippen molar-refractivity contribution < 1.29 is 22.9 Å². The number of nitrogens with one attached hydrogen (secondary N) is 1. The average Bonchev–Trinajstić information content (AvgIpc) is 2.73. The number of hydrogen-bond acceptors (Lipinski definition) is 6. The number of rotatable bonds is 7. The van der Waals surface area contributed by atoms with Crippen molar-refractivity contribution in [1.82, 2.24) is 4.31 Å². The highest BCUT2D eigenvalue weighted by molar-refractivity contribution is 7.89. The van der Waals surface area contributed by atoms with Crippen LogP contribution in [0.25, 0.3) is 0 Å². The van der Waals surface area contributed by atoms with Crippen LogP contribution in [0.5, 0.6) is 0 Å². The van der Waals surface area contributed by atoms with E-state index in [0.717, 1.165) is 5.56 Å². The molecule has 0 atom stereocenters. The zero-order valence-corrected chi connectivity index (χ0v) is 16.4. The summed E-state index contributed by atoms with van der Waals surface area (Å²) in [7, 11) is -3.54.